The van der Waals surface area contributed by atoms with Crippen LogP contribution in [-0.4, -0.2) is 24.3 Å². The van der Waals surface area contributed by atoms with E-state index in [1.54, 1.807) is 6.07 Å². The van der Waals surface area contributed by atoms with Gasteiger partial charge >= 0.3 is 12.1 Å². The van der Waals surface area contributed by atoms with E-state index < -0.39 is 12.1 Å². The van der Waals surface area contributed by atoms with Crippen molar-refractivity contribution >= 4 is 17.7 Å². The van der Waals surface area contributed by atoms with Gasteiger partial charge in [0.1, 0.15) is 12.4 Å². The number of benzene rings is 2. The molecule has 23 heavy (non-hydrogen) atoms. The highest BCUT2D eigenvalue weighted by Crippen LogP contribution is 2.24. The fraction of sp³-hybridized carbons (Fsp3) is 0.176. The molecule has 0 saturated carbocycles. The van der Waals surface area contributed by atoms with Crippen LogP contribution in [0.15, 0.2) is 48.5 Å². The maximum absolute atomic E-state index is 11.8. The van der Waals surface area contributed by atoms with E-state index in [1.807, 2.05) is 30.3 Å². The maximum atomic E-state index is 11.8. The minimum atomic E-state index is -0.695. The number of phenols is 1. The molecule has 2 rings (SSSR count). The Kier molecular flexibility index (Phi) is 5.57. The monoisotopic (exact) mass is 315 g/mol. The Bertz CT molecular complexity index is 685. The van der Waals surface area contributed by atoms with Gasteiger partial charge in [0.25, 0.3) is 0 Å². The van der Waals surface area contributed by atoms with Gasteiger partial charge in [-0.2, -0.15) is 0 Å². The van der Waals surface area contributed by atoms with Crippen LogP contribution in [0.2, 0.25) is 0 Å². The van der Waals surface area contributed by atoms with Crippen molar-refractivity contribution in [2.24, 2.45) is 0 Å². The molecule has 0 bridgehead atoms. The molecule has 0 spiro atoms. The number of anilines is 1. The highest BCUT2D eigenvalue weighted by molar-refractivity contribution is 5.87. The molecule has 0 saturated heterocycles. The molecule has 0 heterocycles. The summed E-state index contributed by atoms with van der Waals surface area (Å²) < 4.78 is 9.66. The van der Waals surface area contributed by atoms with E-state index in [4.69, 9.17) is 4.74 Å². The van der Waals surface area contributed by atoms with E-state index in [1.165, 1.54) is 19.2 Å². The third-order valence-electron chi connectivity index (χ3n) is 3.09. The number of hydrogen-bond acceptors (Lipinski definition) is 5. The summed E-state index contributed by atoms with van der Waals surface area (Å²) in [7, 11) is 1.29. The maximum Gasteiger partial charge on any atom is 0.412 e. The number of aromatic hydroxyl groups is 1. The largest absolute Gasteiger partial charge is 0.506 e. The van der Waals surface area contributed by atoms with E-state index in [9.17, 15) is 14.7 Å². The molecule has 0 aliphatic carbocycles. The Morgan fingerprint density at radius 3 is 2.52 bits per heavy atom. The summed E-state index contributed by atoms with van der Waals surface area (Å²) in [6, 6.07) is 13.7. The Balaban J connectivity index is 1.96. The summed E-state index contributed by atoms with van der Waals surface area (Å²) in [6.45, 7) is 0.120. The number of carbonyl (C=O) groups is 2. The lowest BCUT2D eigenvalue weighted by atomic mass is 10.1. The summed E-state index contributed by atoms with van der Waals surface area (Å²) in [4.78, 5) is 23.1. The van der Waals surface area contributed by atoms with Gasteiger partial charge in [-0.3, -0.25) is 10.1 Å². The van der Waals surface area contributed by atoms with Crippen LogP contribution in [0.1, 0.15) is 11.1 Å². The SMILES string of the molecule is COC(=O)Cc1ccc(O)c(NC(=O)OCc2ccccc2)c1. The second-order valence-electron chi connectivity index (χ2n) is 4.79. The van der Waals surface area contributed by atoms with E-state index in [0.29, 0.717) is 5.56 Å². The first kappa shape index (κ1) is 16.4. The second kappa shape index (κ2) is 7.84. The highest BCUT2D eigenvalue weighted by Gasteiger charge is 2.10. The number of amides is 1. The Labute approximate surface area is 133 Å². The molecule has 0 aliphatic rings. The van der Waals surface area contributed by atoms with E-state index in [0.717, 1.165) is 5.56 Å². The number of rotatable bonds is 5. The van der Waals surface area contributed by atoms with Crippen molar-refractivity contribution in [3.63, 3.8) is 0 Å². The van der Waals surface area contributed by atoms with Gasteiger partial charge < -0.3 is 14.6 Å². The minimum Gasteiger partial charge on any atom is -0.506 e. The molecular formula is C17H17NO5. The average Bonchev–Trinajstić information content (AvgIpc) is 2.57. The standard InChI is InChI=1S/C17H17NO5/c1-22-16(20)10-13-7-8-15(19)14(9-13)18-17(21)23-11-12-5-3-2-4-6-12/h2-9,19H,10-11H2,1H3,(H,18,21). The molecule has 6 heteroatoms. The van der Waals surface area contributed by atoms with Gasteiger partial charge in [-0.25, -0.2) is 4.79 Å². The average molecular weight is 315 g/mol. The molecule has 0 fully saturated rings. The first-order valence-corrected chi connectivity index (χ1v) is 6.95. The number of methoxy groups -OCH3 is 1. The Hall–Kier alpha value is -3.02. The number of hydrogen-bond donors (Lipinski definition) is 2. The van der Waals surface area contributed by atoms with Crippen molar-refractivity contribution in [1.82, 2.24) is 0 Å². The lowest BCUT2D eigenvalue weighted by Gasteiger charge is -2.10. The first-order valence-electron chi connectivity index (χ1n) is 6.95. The Morgan fingerprint density at radius 2 is 1.83 bits per heavy atom. The van der Waals surface area contributed by atoms with Gasteiger partial charge in [0, 0.05) is 0 Å². The highest BCUT2D eigenvalue weighted by atomic mass is 16.5. The van der Waals surface area contributed by atoms with Crippen molar-refractivity contribution in [3.05, 3.63) is 59.7 Å². The van der Waals surface area contributed by atoms with E-state index >= 15 is 0 Å². The lowest BCUT2D eigenvalue weighted by Crippen LogP contribution is -2.14. The van der Waals surface area contributed by atoms with Gasteiger partial charge in [-0.1, -0.05) is 36.4 Å². The summed E-state index contributed by atoms with van der Waals surface area (Å²) in [5.41, 5.74) is 1.63. The predicted molar refractivity (Wildman–Crippen MR) is 84.1 cm³/mol. The zero-order chi connectivity index (χ0) is 16.7. The summed E-state index contributed by atoms with van der Waals surface area (Å²) in [5.74, 6) is -0.524. The fourth-order valence-electron chi connectivity index (χ4n) is 1.90. The quantitative estimate of drug-likeness (QED) is 0.654. The number of nitrogens with one attached hydrogen (secondary N) is 1. The zero-order valence-electron chi connectivity index (χ0n) is 12.6. The van der Waals surface area contributed by atoms with Gasteiger partial charge in [0.15, 0.2) is 0 Å². The molecule has 2 N–H and O–H groups in total. The molecule has 0 aromatic heterocycles. The van der Waals surface area contributed by atoms with Crippen LogP contribution in [0.4, 0.5) is 10.5 Å². The van der Waals surface area contributed by atoms with Gasteiger partial charge in [-0.05, 0) is 23.3 Å². The van der Waals surface area contributed by atoms with Crippen LogP contribution >= 0.6 is 0 Å². The normalized spacial score (nSPS) is 9.96. The van der Waals surface area contributed by atoms with Crippen LogP contribution in [0, 0.1) is 0 Å². The van der Waals surface area contributed by atoms with Crippen molar-refractivity contribution in [2.75, 3.05) is 12.4 Å². The van der Waals surface area contributed by atoms with Crippen LogP contribution < -0.4 is 5.32 Å². The topological polar surface area (TPSA) is 84.9 Å². The number of ether oxygens (including phenoxy) is 2. The fourth-order valence-corrected chi connectivity index (χ4v) is 1.90. The summed E-state index contributed by atoms with van der Waals surface area (Å²) >= 11 is 0. The lowest BCUT2D eigenvalue weighted by molar-refractivity contribution is -0.139. The third-order valence-corrected chi connectivity index (χ3v) is 3.09. The van der Waals surface area contributed by atoms with Crippen molar-refractivity contribution in [3.8, 4) is 5.75 Å². The Morgan fingerprint density at radius 1 is 1.09 bits per heavy atom. The van der Waals surface area contributed by atoms with Crippen LogP contribution in [0.5, 0.6) is 5.75 Å². The molecule has 120 valence electrons. The van der Waals surface area contributed by atoms with Crippen molar-refractivity contribution < 1.29 is 24.2 Å². The molecule has 2 aromatic rings. The van der Waals surface area contributed by atoms with Crippen LogP contribution in [0.3, 0.4) is 0 Å². The van der Waals surface area contributed by atoms with Gasteiger partial charge in [0.05, 0.1) is 19.2 Å². The molecule has 0 atom stereocenters. The smallest absolute Gasteiger partial charge is 0.412 e. The molecule has 6 nitrogen and oxygen atoms in total. The number of phenolic OH excluding ortho intramolecular Hbond substituents is 1. The predicted octanol–water partition coefficient (Wildman–Crippen LogP) is 2.86. The van der Waals surface area contributed by atoms with Gasteiger partial charge in [0.2, 0.25) is 0 Å². The van der Waals surface area contributed by atoms with Gasteiger partial charge in [-0.15, -0.1) is 0 Å². The molecule has 0 aliphatic heterocycles. The molecule has 0 radical (unpaired) electrons. The molecule has 0 unspecified atom stereocenters. The van der Waals surface area contributed by atoms with E-state index in [-0.39, 0.29) is 24.5 Å². The van der Waals surface area contributed by atoms with E-state index in [2.05, 4.69) is 10.1 Å². The number of esters is 1. The third kappa shape index (κ3) is 5.03. The molecular weight excluding hydrogens is 298 g/mol. The summed E-state index contributed by atoms with van der Waals surface area (Å²) in [6.07, 6.45) is -0.649. The minimum absolute atomic E-state index is 0.0462. The molecule has 1 amide bonds. The van der Waals surface area contributed by atoms with Crippen LogP contribution in [-0.2, 0) is 27.3 Å². The first-order chi connectivity index (χ1) is 11.1. The summed E-state index contributed by atoms with van der Waals surface area (Å²) in [5, 5.41) is 12.2. The van der Waals surface area contributed by atoms with Crippen molar-refractivity contribution in [1.29, 1.82) is 0 Å². The second-order valence-corrected chi connectivity index (χ2v) is 4.79. The zero-order valence-corrected chi connectivity index (χ0v) is 12.6. The van der Waals surface area contributed by atoms with Crippen molar-refractivity contribution in [2.45, 2.75) is 13.0 Å². The van der Waals surface area contributed by atoms with Crippen LogP contribution in [0.25, 0.3) is 0 Å². The number of carbonyl (C=O) groups excluding carboxylic acids is 2. The molecule has 2 aromatic carbocycles.